The monoisotopic (exact) mass is 332 g/mol. The lowest BCUT2D eigenvalue weighted by Crippen LogP contribution is -2.09. The van der Waals surface area contributed by atoms with E-state index in [4.69, 9.17) is 8.83 Å². The van der Waals surface area contributed by atoms with Crippen molar-refractivity contribution in [3.63, 3.8) is 0 Å². The van der Waals surface area contributed by atoms with Crippen LogP contribution < -0.4 is 0 Å². The van der Waals surface area contributed by atoms with Crippen LogP contribution in [0.4, 0.5) is 0 Å². The Balaban J connectivity index is 1.72. The highest BCUT2D eigenvalue weighted by Gasteiger charge is 2.23. The molecule has 0 aliphatic heterocycles. The Morgan fingerprint density at radius 2 is 2.17 bits per heavy atom. The molecule has 3 rings (SSSR count). The van der Waals surface area contributed by atoms with Gasteiger partial charge in [0.25, 0.3) is 0 Å². The van der Waals surface area contributed by atoms with Crippen molar-refractivity contribution in [3.05, 3.63) is 48.3 Å². The average Bonchev–Trinajstić information content (AvgIpc) is 3.20. The zero-order valence-corrected chi connectivity index (χ0v) is 14.5. The van der Waals surface area contributed by atoms with Crippen LogP contribution in [0.25, 0.3) is 0 Å². The molecule has 0 aliphatic carbocycles. The highest BCUT2D eigenvalue weighted by molar-refractivity contribution is 7.99. The van der Waals surface area contributed by atoms with E-state index in [0.717, 1.165) is 16.7 Å². The van der Waals surface area contributed by atoms with E-state index in [2.05, 4.69) is 42.9 Å². The van der Waals surface area contributed by atoms with E-state index in [1.807, 2.05) is 16.7 Å². The first-order chi connectivity index (χ1) is 10.9. The molecule has 7 heteroatoms. The summed E-state index contributed by atoms with van der Waals surface area (Å²) in [4.78, 5) is 4.41. The molecule has 3 heterocycles. The van der Waals surface area contributed by atoms with E-state index in [1.165, 1.54) is 0 Å². The van der Waals surface area contributed by atoms with Crippen molar-refractivity contribution >= 4 is 11.8 Å². The van der Waals surface area contributed by atoms with Gasteiger partial charge in [0.1, 0.15) is 17.8 Å². The molecule has 0 N–H and O–H groups in total. The third-order valence-electron chi connectivity index (χ3n) is 3.38. The summed E-state index contributed by atoms with van der Waals surface area (Å²) >= 11 is 1.57. The number of thioether (sulfide) groups is 1. The summed E-state index contributed by atoms with van der Waals surface area (Å²) in [6, 6.07) is 3.80. The van der Waals surface area contributed by atoms with E-state index in [-0.39, 0.29) is 10.7 Å². The third kappa shape index (κ3) is 3.67. The van der Waals surface area contributed by atoms with Crippen LogP contribution in [0.15, 0.2) is 44.9 Å². The van der Waals surface area contributed by atoms with Crippen molar-refractivity contribution in [2.24, 2.45) is 0 Å². The standard InChI is InChI=1S/C16H20N4O2S/c1-11(14-17-8-13(22-14)16(2,3)4)23-15-19-18-10-20(15)9-12-6-5-7-21-12/h5-8,10-11H,9H2,1-4H3/t11-/m1/s1. The lowest BCUT2D eigenvalue weighted by Gasteiger charge is -2.13. The highest BCUT2D eigenvalue weighted by atomic mass is 32.2. The largest absolute Gasteiger partial charge is 0.467 e. The van der Waals surface area contributed by atoms with Crippen LogP contribution >= 0.6 is 11.8 Å². The zero-order valence-electron chi connectivity index (χ0n) is 13.7. The molecule has 0 aromatic carbocycles. The number of nitrogens with zero attached hydrogens (tertiary/aromatic N) is 4. The van der Waals surface area contributed by atoms with E-state index >= 15 is 0 Å². The van der Waals surface area contributed by atoms with Gasteiger partial charge in [0.15, 0.2) is 5.16 Å². The first-order valence-electron chi connectivity index (χ1n) is 7.46. The number of aromatic nitrogens is 4. The number of furan rings is 1. The average molecular weight is 332 g/mol. The van der Waals surface area contributed by atoms with Crippen molar-refractivity contribution in [1.82, 2.24) is 19.7 Å². The lowest BCUT2D eigenvalue weighted by atomic mass is 9.94. The minimum atomic E-state index is -0.0467. The van der Waals surface area contributed by atoms with Crippen molar-refractivity contribution < 1.29 is 8.83 Å². The van der Waals surface area contributed by atoms with Crippen molar-refractivity contribution in [2.75, 3.05) is 0 Å². The second-order valence-electron chi connectivity index (χ2n) is 6.39. The number of hydrogen-bond acceptors (Lipinski definition) is 6. The Labute approximate surface area is 139 Å². The number of hydrogen-bond donors (Lipinski definition) is 0. The van der Waals surface area contributed by atoms with Crippen molar-refractivity contribution in [1.29, 1.82) is 0 Å². The Morgan fingerprint density at radius 1 is 1.35 bits per heavy atom. The van der Waals surface area contributed by atoms with Crippen LogP contribution in [0.1, 0.15) is 50.4 Å². The SMILES string of the molecule is C[C@@H](Sc1nncn1Cc1ccco1)c1ncc(C(C)(C)C)o1. The van der Waals surface area contributed by atoms with Gasteiger partial charge in [0.05, 0.1) is 24.3 Å². The van der Waals surface area contributed by atoms with E-state index in [9.17, 15) is 0 Å². The van der Waals surface area contributed by atoms with Crippen molar-refractivity contribution in [2.45, 2.75) is 50.1 Å². The molecular formula is C16H20N4O2S. The normalized spacial score (nSPS) is 13.4. The molecule has 0 spiro atoms. The molecule has 6 nitrogen and oxygen atoms in total. The summed E-state index contributed by atoms with van der Waals surface area (Å²) in [6.45, 7) is 8.97. The molecule has 23 heavy (non-hydrogen) atoms. The molecule has 0 amide bonds. The van der Waals surface area contributed by atoms with Gasteiger partial charge in [-0.25, -0.2) is 4.98 Å². The van der Waals surface area contributed by atoms with Gasteiger partial charge in [-0.1, -0.05) is 32.5 Å². The van der Waals surface area contributed by atoms with Crippen LogP contribution in [-0.2, 0) is 12.0 Å². The van der Waals surface area contributed by atoms with Gasteiger partial charge in [-0.2, -0.15) is 0 Å². The van der Waals surface area contributed by atoms with E-state index in [1.54, 1.807) is 30.5 Å². The van der Waals surface area contributed by atoms with Gasteiger partial charge in [-0.3, -0.25) is 0 Å². The third-order valence-corrected chi connectivity index (χ3v) is 4.46. The van der Waals surface area contributed by atoms with Crippen LogP contribution in [0.2, 0.25) is 0 Å². The van der Waals surface area contributed by atoms with Crippen LogP contribution in [0.5, 0.6) is 0 Å². The van der Waals surface area contributed by atoms with Gasteiger partial charge >= 0.3 is 0 Å². The summed E-state index contributed by atoms with van der Waals surface area (Å²) in [5, 5.41) is 9.03. The molecule has 0 radical (unpaired) electrons. The van der Waals surface area contributed by atoms with Crippen LogP contribution in [0, 0.1) is 0 Å². The first kappa shape index (κ1) is 15.9. The van der Waals surface area contributed by atoms with Crippen molar-refractivity contribution in [3.8, 4) is 0 Å². The topological polar surface area (TPSA) is 69.9 Å². The van der Waals surface area contributed by atoms with Gasteiger partial charge in [-0.15, -0.1) is 10.2 Å². The molecule has 0 saturated heterocycles. The molecule has 0 saturated carbocycles. The minimum absolute atomic E-state index is 0.0467. The maximum absolute atomic E-state index is 5.90. The fourth-order valence-corrected chi connectivity index (χ4v) is 2.91. The highest BCUT2D eigenvalue weighted by Crippen LogP contribution is 2.35. The minimum Gasteiger partial charge on any atom is -0.467 e. The molecule has 1 atom stereocenters. The molecular weight excluding hydrogens is 312 g/mol. The maximum atomic E-state index is 5.90. The molecule has 3 aromatic rings. The van der Waals surface area contributed by atoms with E-state index < -0.39 is 0 Å². The van der Waals surface area contributed by atoms with E-state index in [0.29, 0.717) is 12.4 Å². The van der Waals surface area contributed by atoms with Crippen LogP contribution in [0.3, 0.4) is 0 Å². The van der Waals surface area contributed by atoms with Gasteiger partial charge in [0.2, 0.25) is 5.89 Å². The Bertz CT molecular complexity index is 755. The maximum Gasteiger partial charge on any atom is 0.207 e. The molecule has 0 bridgehead atoms. The predicted molar refractivity (Wildman–Crippen MR) is 87.3 cm³/mol. The number of rotatable bonds is 5. The second-order valence-corrected chi connectivity index (χ2v) is 7.70. The smallest absolute Gasteiger partial charge is 0.207 e. The molecule has 0 fully saturated rings. The quantitative estimate of drug-likeness (QED) is 0.656. The Kier molecular flexibility index (Phi) is 4.30. The summed E-state index contributed by atoms with van der Waals surface area (Å²) in [5.74, 6) is 2.45. The summed E-state index contributed by atoms with van der Waals surface area (Å²) in [5.41, 5.74) is -0.0467. The fraction of sp³-hybridized carbons (Fsp3) is 0.438. The van der Waals surface area contributed by atoms with Gasteiger partial charge in [-0.05, 0) is 19.1 Å². The summed E-state index contributed by atoms with van der Waals surface area (Å²) < 4.78 is 13.2. The second kappa shape index (κ2) is 6.23. The summed E-state index contributed by atoms with van der Waals surface area (Å²) in [7, 11) is 0. The predicted octanol–water partition coefficient (Wildman–Crippen LogP) is 4.06. The van der Waals surface area contributed by atoms with Gasteiger partial charge in [0, 0.05) is 5.41 Å². The molecule has 0 aliphatic rings. The molecule has 122 valence electrons. The molecule has 3 aromatic heterocycles. The zero-order chi connectivity index (χ0) is 16.4. The van der Waals surface area contributed by atoms with Crippen LogP contribution in [-0.4, -0.2) is 19.7 Å². The first-order valence-corrected chi connectivity index (χ1v) is 8.34. The van der Waals surface area contributed by atoms with Gasteiger partial charge < -0.3 is 13.4 Å². The fourth-order valence-electron chi connectivity index (χ4n) is 2.05. The Morgan fingerprint density at radius 3 is 2.83 bits per heavy atom. The Hall–Kier alpha value is -2.02. The molecule has 0 unspecified atom stereocenters. The summed E-state index contributed by atoms with van der Waals surface area (Å²) in [6.07, 6.45) is 5.17. The lowest BCUT2D eigenvalue weighted by molar-refractivity contribution is 0.383. The number of oxazole rings is 1.